The number of benzene rings is 1. The van der Waals surface area contributed by atoms with E-state index in [2.05, 4.69) is 0 Å². The van der Waals surface area contributed by atoms with E-state index in [0.29, 0.717) is 5.92 Å². The Morgan fingerprint density at radius 2 is 2.19 bits per heavy atom. The zero-order chi connectivity index (χ0) is 11.8. The van der Waals surface area contributed by atoms with E-state index < -0.39 is 5.60 Å². The summed E-state index contributed by atoms with van der Waals surface area (Å²) in [6, 6.07) is 5.75. The van der Waals surface area contributed by atoms with Gasteiger partial charge in [0, 0.05) is 6.54 Å². The molecule has 1 aliphatic carbocycles. The summed E-state index contributed by atoms with van der Waals surface area (Å²) in [6.07, 6.45) is 2.14. The van der Waals surface area contributed by atoms with Crippen molar-refractivity contribution in [3.05, 3.63) is 29.3 Å². The Balaban J connectivity index is 2.38. The second-order valence-electron chi connectivity index (χ2n) is 4.58. The predicted octanol–water partition coefficient (Wildman–Crippen LogP) is 1.56. The first kappa shape index (κ1) is 11.4. The molecule has 0 spiro atoms. The smallest absolute Gasteiger partial charge is 0.119 e. The highest BCUT2D eigenvalue weighted by Gasteiger charge is 2.44. The Hall–Kier alpha value is -1.06. The van der Waals surface area contributed by atoms with Crippen molar-refractivity contribution >= 4 is 0 Å². The molecule has 2 rings (SSSR count). The molecule has 1 fully saturated rings. The predicted molar refractivity (Wildman–Crippen MR) is 63.4 cm³/mol. The molecule has 1 atom stereocenters. The Labute approximate surface area is 96.2 Å². The zero-order valence-corrected chi connectivity index (χ0v) is 9.86. The van der Waals surface area contributed by atoms with Crippen LogP contribution in [0, 0.1) is 12.8 Å². The standard InChI is InChI=1S/C13H19NO2/c1-9-7-11(16-2)5-6-12(9)13(15,8-14)10-3-4-10/h5-7,10,15H,3-4,8,14H2,1-2H3. The molecule has 1 aliphatic rings. The van der Waals surface area contributed by atoms with Gasteiger partial charge in [-0.2, -0.15) is 0 Å². The van der Waals surface area contributed by atoms with Crippen LogP contribution in [0.15, 0.2) is 18.2 Å². The SMILES string of the molecule is COc1ccc(C(O)(CN)C2CC2)c(C)c1. The van der Waals surface area contributed by atoms with E-state index in [1.807, 2.05) is 25.1 Å². The molecule has 1 aromatic rings. The maximum atomic E-state index is 10.6. The van der Waals surface area contributed by atoms with Crippen LogP contribution in [0.25, 0.3) is 0 Å². The van der Waals surface area contributed by atoms with Gasteiger partial charge in [0.1, 0.15) is 11.4 Å². The van der Waals surface area contributed by atoms with E-state index >= 15 is 0 Å². The first-order valence-corrected chi connectivity index (χ1v) is 5.69. The maximum Gasteiger partial charge on any atom is 0.119 e. The Bertz CT molecular complexity index is 388. The van der Waals surface area contributed by atoms with Crippen LogP contribution in [0.3, 0.4) is 0 Å². The van der Waals surface area contributed by atoms with Gasteiger partial charge in [0.05, 0.1) is 7.11 Å². The maximum absolute atomic E-state index is 10.6. The normalized spacial score (nSPS) is 19.2. The van der Waals surface area contributed by atoms with Crippen molar-refractivity contribution in [1.29, 1.82) is 0 Å². The topological polar surface area (TPSA) is 55.5 Å². The fraction of sp³-hybridized carbons (Fsp3) is 0.538. The number of ether oxygens (including phenoxy) is 1. The number of rotatable bonds is 4. The van der Waals surface area contributed by atoms with Crippen LogP contribution < -0.4 is 10.5 Å². The number of aliphatic hydroxyl groups is 1. The molecule has 0 aliphatic heterocycles. The third kappa shape index (κ3) is 1.81. The summed E-state index contributed by atoms with van der Waals surface area (Å²) in [5, 5.41) is 10.6. The van der Waals surface area contributed by atoms with Gasteiger partial charge in [-0.1, -0.05) is 6.07 Å². The molecule has 3 nitrogen and oxygen atoms in total. The number of nitrogens with two attached hydrogens (primary N) is 1. The van der Waals surface area contributed by atoms with Gasteiger partial charge in [0.15, 0.2) is 0 Å². The van der Waals surface area contributed by atoms with E-state index in [1.165, 1.54) is 0 Å². The van der Waals surface area contributed by atoms with Gasteiger partial charge in [-0.25, -0.2) is 0 Å². The summed E-state index contributed by atoms with van der Waals surface area (Å²) in [4.78, 5) is 0. The van der Waals surface area contributed by atoms with Gasteiger partial charge in [0.2, 0.25) is 0 Å². The Morgan fingerprint density at radius 3 is 2.62 bits per heavy atom. The van der Waals surface area contributed by atoms with Crippen LogP contribution in [0.2, 0.25) is 0 Å². The van der Waals surface area contributed by atoms with E-state index in [9.17, 15) is 5.11 Å². The fourth-order valence-corrected chi connectivity index (χ4v) is 2.31. The third-order valence-electron chi connectivity index (χ3n) is 3.46. The summed E-state index contributed by atoms with van der Waals surface area (Å²) in [7, 11) is 1.64. The summed E-state index contributed by atoms with van der Waals surface area (Å²) >= 11 is 0. The first-order valence-electron chi connectivity index (χ1n) is 5.69. The molecule has 88 valence electrons. The summed E-state index contributed by atoms with van der Waals surface area (Å²) in [5.41, 5.74) is 6.87. The lowest BCUT2D eigenvalue weighted by Gasteiger charge is -2.29. The minimum Gasteiger partial charge on any atom is -0.497 e. The molecule has 0 amide bonds. The molecule has 16 heavy (non-hydrogen) atoms. The number of aryl methyl sites for hydroxylation is 1. The van der Waals surface area contributed by atoms with Crippen LogP contribution in [0.1, 0.15) is 24.0 Å². The van der Waals surface area contributed by atoms with Crippen molar-refractivity contribution in [2.24, 2.45) is 11.7 Å². The average Bonchev–Trinajstić information content (AvgIpc) is 3.12. The van der Waals surface area contributed by atoms with Gasteiger partial charge in [-0.15, -0.1) is 0 Å². The molecule has 0 aromatic heterocycles. The van der Waals surface area contributed by atoms with Crippen LogP contribution in [-0.2, 0) is 5.60 Å². The van der Waals surface area contributed by atoms with Crippen molar-refractivity contribution in [2.45, 2.75) is 25.4 Å². The number of methoxy groups -OCH3 is 1. The Kier molecular flexibility index (Phi) is 2.91. The van der Waals surface area contributed by atoms with Gasteiger partial charge >= 0.3 is 0 Å². The lowest BCUT2D eigenvalue weighted by atomic mass is 9.86. The molecule has 3 heteroatoms. The highest BCUT2D eigenvalue weighted by atomic mass is 16.5. The second kappa shape index (κ2) is 4.07. The number of hydrogen-bond acceptors (Lipinski definition) is 3. The summed E-state index contributed by atoms with van der Waals surface area (Å²) < 4.78 is 5.16. The first-order chi connectivity index (χ1) is 7.61. The monoisotopic (exact) mass is 221 g/mol. The zero-order valence-electron chi connectivity index (χ0n) is 9.86. The van der Waals surface area contributed by atoms with Crippen LogP contribution in [0.4, 0.5) is 0 Å². The van der Waals surface area contributed by atoms with Crippen molar-refractivity contribution in [3.63, 3.8) is 0 Å². The quantitative estimate of drug-likeness (QED) is 0.811. The molecule has 0 heterocycles. The summed E-state index contributed by atoms with van der Waals surface area (Å²) in [5.74, 6) is 1.14. The van der Waals surface area contributed by atoms with Crippen molar-refractivity contribution < 1.29 is 9.84 Å². The lowest BCUT2D eigenvalue weighted by molar-refractivity contribution is 0.0216. The third-order valence-corrected chi connectivity index (χ3v) is 3.46. The molecular weight excluding hydrogens is 202 g/mol. The highest BCUT2D eigenvalue weighted by Crippen LogP contribution is 2.46. The van der Waals surface area contributed by atoms with Crippen molar-refractivity contribution in [1.82, 2.24) is 0 Å². The second-order valence-corrected chi connectivity index (χ2v) is 4.58. The Morgan fingerprint density at radius 1 is 1.50 bits per heavy atom. The van der Waals surface area contributed by atoms with Crippen molar-refractivity contribution in [3.8, 4) is 5.75 Å². The van der Waals surface area contributed by atoms with Gasteiger partial charge in [-0.05, 0) is 48.9 Å². The molecule has 1 unspecified atom stereocenters. The molecule has 1 saturated carbocycles. The van der Waals surface area contributed by atoms with Gasteiger partial charge < -0.3 is 15.6 Å². The van der Waals surface area contributed by atoms with Crippen molar-refractivity contribution in [2.75, 3.05) is 13.7 Å². The molecular formula is C13H19NO2. The molecule has 3 N–H and O–H groups in total. The van der Waals surface area contributed by atoms with E-state index in [1.54, 1.807) is 7.11 Å². The lowest BCUT2D eigenvalue weighted by Crippen LogP contribution is -2.37. The van der Waals surface area contributed by atoms with E-state index in [0.717, 1.165) is 29.7 Å². The summed E-state index contributed by atoms with van der Waals surface area (Å²) in [6.45, 7) is 2.27. The largest absolute Gasteiger partial charge is 0.497 e. The van der Waals surface area contributed by atoms with Gasteiger partial charge in [0.25, 0.3) is 0 Å². The average molecular weight is 221 g/mol. The van der Waals surface area contributed by atoms with Gasteiger partial charge in [-0.3, -0.25) is 0 Å². The minimum atomic E-state index is -0.851. The molecule has 1 aromatic carbocycles. The van der Waals surface area contributed by atoms with E-state index in [-0.39, 0.29) is 6.54 Å². The highest BCUT2D eigenvalue weighted by molar-refractivity contribution is 5.39. The molecule has 0 radical (unpaired) electrons. The van der Waals surface area contributed by atoms with Crippen LogP contribution >= 0.6 is 0 Å². The van der Waals surface area contributed by atoms with Crippen LogP contribution in [0.5, 0.6) is 5.75 Å². The fourth-order valence-electron chi connectivity index (χ4n) is 2.31. The number of hydrogen-bond donors (Lipinski definition) is 2. The molecule has 0 saturated heterocycles. The van der Waals surface area contributed by atoms with Crippen LogP contribution in [-0.4, -0.2) is 18.8 Å². The van der Waals surface area contributed by atoms with E-state index in [4.69, 9.17) is 10.5 Å². The molecule has 0 bridgehead atoms. The minimum absolute atomic E-state index is 0.283.